The number of ether oxygens (including phenoxy) is 1. The molecule has 0 aliphatic heterocycles. The summed E-state index contributed by atoms with van der Waals surface area (Å²) in [6, 6.07) is 5.51. The number of anilines is 1. The summed E-state index contributed by atoms with van der Waals surface area (Å²) in [5, 5.41) is 2.92. The number of rotatable bonds is 6. The Labute approximate surface area is 136 Å². The van der Waals surface area contributed by atoms with Crippen molar-refractivity contribution < 1.29 is 9.53 Å². The molecule has 0 fully saturated rings. The highest BCUT2D eigenvalue weighted by Gasteiger charge is 2.12. The molecule has 0 bridgehead atoms. The number of aromatic nitrogens is 2. The Morgan fingerprint density at radius 3 is 2.77 bits per heavy atom. The number of aromatic amines is 1. The van der Waals surface area contributed by atoms with Gasteiger partial charge in [-0.3, -0.25) is 4.79 Å². The van der Waals surface area contributed by atoms with Crippen molar-refractivity contribution in [2.75, 3.05) is 33.1 Å². The average molecular weight is 325 g/mol. The maximum Gasteiger partial charge on any atom is 0.225 e. The number of carbonyl (C=O) groups is 1. The van der Waals surface area contributed by atoms with Gasteiger partial charge in [0.15, 0.2) is 0 Å². The zero-order valence-electron chi connectivity index (χ0n) is 12.9. The molecule has 1 heterocycles. The summed E-state index contributed by atoms with van der Waals surface area (Å²) in [4.78, 5) is 21.3. The maximum absolute atomic E-state index is 12.0. The Morgan fingerprint density at radius 1 is 1.41 bits per heavy atom. The largest absolute Gasteiger partial charge is 0.497 e. The summed E-state index contributed by atoms with van der Waals surface area (Å²) in [7, 11) is 5.47. The van der Waals surface area contributed by atoms with Gasteiger partial charge in [-0.2, -0.15) is 0 Å². The second-order valence-corrected chi connectivity index (χ2v) is 4.95. The SMILES string of the molecule is COc1ccc(-c2ncc[nH]2)c(NC(=O)CCN(C)C)c1.Cl. The minimum atomic E-state index is -0.0373. The van der Waals surface area contributed by atoms with Crippen molar-refractivity contribution in [1.29, 1.82) is 0 Å². The van der Waals surface area contributed by atoms with Crippen molar-refractivity contribution >= 4 is 24.0 Å². The first-order chi connectivity index (χ1) is 10.1. The summed E-state index contributed by atoms with van der Waals surface area (Å²) >= 11 is 0. The number of imidazole rings is 1. The number of methoxy groups -OCH3 is 1. The maximum atomic E-state index is 12.0. The van der Waals surface area contributed by atoms with Crippen molar-refractivity contribution in [3.63, 3.8) is 0 Å². The molecule has 2 rings (SSSR count). The molecule has 2 aromatic rings. The Morgan fingerprint density at radius 2 is 2.18 bits per heavy atom. The van der Waals surface area contributed by atoms with Crippen LogP contribution in [0, 0.1) is 0 Å². The van der Waals surface area contributed by atoms with E-state index in [-0.39, 0.29) is 18.3 Å². The number of H-pyrrole nitrogens is 1. The lowest BCUT2D eigenvalue weighted by atomic mass is 10.1. The highest BCUT2D eigenvalue weighted by atomic mass is 35.5. The van der Waals surface area contributed by atoms with Gasteiger partial charge in [-0.25, -0.2) is 4.98 Å². The monoisotopic (exact) mass is 324 g/mol. The zero-order valence-corrected chi connectivity index (χ0v) is 13.7. The van der Waals surface area contributed by atoms with E-state index in [1.807, 2.05) is 31.1 Å². The third kappa shape index (κ3) is 4.75. The first kappa shape index (κ1) is 18.0. The number of amides is 1. The molecule has 22 heavy (non-hydrogen) atoms. The number of halogens is 1. The molecule has 2 N–H and O–H groups in total. The van der Waals surface area contributed by atoms with Crippen molar-refractivity contribution in [3.8, 4) is 17.1 Å². The Kier molecular flexibility index (Phi) is 6.88. The minimum absolute atomic E-state index is 0. The molecule has 0 aliphatic rings. The normalized spacial score (nSPS) is 10.2. The Hall–Kier alpha value is -2.05. The summed E-state index contributed by atoms with van der Waals surface area (Å²) in [6.45, 7) is 0.700. The molecule has 6 nitrogen and oxygen atoms in total. The molecule has 0 unspecified atom stereocenters. The predicted molar refractivity (Wildman–Crippen MR) is 89.6 cm³/mol. The molecular weight excluding hydrogens is 304 g/mol. The number of hydrogen-bond donors (Lipinski definition) is 2. The third-order valence-electron chi connectivity index (χ3n) is 3.04. The van der Waals surface area contributed by atoms with Crippen LogP contribution in [0.3, 0.4) is 0 Å². The van der Waals surface area contributed by atoms with Gasteiger partial charge in [0.25, 0.3) is 0 Å². The van der Waals surface area contributed by atoms with Crippen LogP contribution in [0.4, 0.5) is 5.69 Å². The van der Waals surface area contributed by atoms with E-state index in [4.69, 9.17) is 4.74 Å². The molecule has 0 saturated heterocycles. The lowest BCUT2D eigenvalue weighted by Gasteiger charge is -2.13. The summed E-state index contributed by atoms with van der Waals surface area (Å²) < 4.78 is 5.22. The molecule has 0 radical (unpaired) electrons. The second-order valence-electron chi connectivity index (χ2n) is 4.95. The van der Waals surface area contributed by atoms with E-state index in [1.54, 1.807) is 25.6 Å². The predicted octanol–water partition coefficient (Wildman–Crippen LogP) is 2.40. The fraction of sp³-hybridized carbons (Fsp3) is 0.333. The van der Waals surface area contributed by atoms with Crippen LogP contribution >= 0.6 is 12.4 Å². The van der Waals surface area contributed by atoms with Crippen molar-refractivity contribution in [3.05, 3.63) is 30.6 Å². The first-order valence-electron chi connectivity index (χ1n) is 6.72. The molecule has 120 valence electrons. The van der Waals surface area contributed by atoms with Gasteiger partial charge in [0.2, 0.25) is 5.91 Å². The van der Waals surface area contributed by atoms with Crippen molar-refractivity contribution in [2.24, 2.45) is 0 Å². The van der Waals surface area contributed by atoms with Crippen molar-refractivity contribution in [1.82, 2.24) is 14.9 Å². The van der Waals surface area contributed by atoms with Crippen LogP contribution < -0.4 is 10.1 Å². The molecule has 1 aromatic heterocycles. The van der Waals surface area contributed by atoms with E-state index in [0.717, 1.165) is 5.56 Å². The van der Waals surface area contributed by atoms with Crippen LogP contribution in [0.5, 0.6) is 5.75 Å². The number of benzene rings is 1. The fourth-order valence-corrected chi connectivity index (χ4v) is 1.91. The molecule has 0 spiro atoms. The van der Waals surface area contributed by atoms with E-state index in [1.165, 1.54) is 0 Å². The topological polar surface area (TPSA) is 70.2 Å². The van der Waals surface area contributed by atoms with Gasteiger partial charge < -0.3 is 19.9 Å². The number of hydrogen-bond acceptors (Lipinski definition) is 4. The fourth-order valence-electron chi connectivity index (χ4n) is 1.91. The highest BCUT2D eigenvalue weighted by Crippen LogP contribution is 2.29. The average Bonchev–Trinajstić information content (AvgIpc) is 2.99. The van der Waals surface area contributed by atoms with Crippen molar-refractivity contribution in [2.45, 2.75) is 6.42 Å². The van der Waals surface area contributed by atoms with Gasteiger partial charge in [0.1, 0.15) is 11.6 Å². The summed E-state index contributed by atoms with van der Waals surface area (Å²) in [5.74, 6) is 1.36. The minimum Gasteiger partial charge on any atom is -0.497 e. The quantitative estimate of drug-likeness (QED) is 0.856. The van der Waals surface area contributed by atoms with Crippen LogP contribution in [0.2, 0.25) is 0 Å². The van der Waals surface area contributed by atoms with Crippen LogP contribution in [0.1, 0.15) is 6.42 Å². The standard InChI is InChI=1S/C15H20N4O2.ClH/c1-19(2)9-6-14(20)18-13-10-11(21-3)4-5-12(13)15-16-7-8-17-15;/h4-5,7-8,10H,6,9H2,1-3H3,(H,16,17)(H,18,20);1H. The van der Waals surface area contributed by atoms with E-state index >= 15 is 0 Å². The van der Waals surface area contributed by atoms with E-state index in [0.29, 0.717) is 30.2 Å². The van der Waals surface area contributed by atoms with Crippen LogP contribution in [0.15, 0.2) is 30.6 Å². The number of nitrogens with one attached hydrogen (secondary N) is 2. The molecule has 7 heteroatoms. The van der Waals surface area contributed by atoms with E-state index < -0.39 is 0 Å². The molecule has 0 aliphatic carbocycles. The lowest BCUT2D eigenvalue weighted by Crippen LogP contribution is -2.21. The van der Waals surface area contributed by atoms with E-state index in [9.17, 15) is 4.79 Å². The Bertz CT molecular complexity index is 600. The molecular formula is C15H21ClN4O2. The van der Waals surface area contributed by atoms with Gasteiger partial charge in [-0.1, -0.05) is 0 Å². The van der Waals surface area contributed by atoms with E-state index in [2.05, 4.69) is 15.3 Å². The first-order valence-corrected chi connectivity index (χ1v) is 6.72. The van der Waals surface area contributed by atoms with Gasteiger partial charge in [-0.05, 0) is 26.2 Å². The van der Waals surface area contributed by atoms with Crippen LogP contribution in [-0.2, 0) is 4.79 Å². The molecule has 0 saturated carbocycles. The van der Waals surface area contributed by atoms with Gasteiger partial charge in [0.05, 0.1) is 12.8 Å². The zero-order chi connectivity index (χ0) is 15.2. The molecule has 0 atom stereocenters. The number of nitrogens with zero attached hydrogens (tertiary/aromatic N) is 2. The lowest BCUT2D eigenvalue weighted by molar-refractivity contribution is -0.116. The van der Waals surface area contributed by atoms with Gasteiger partial charge in [0, 0.05) is 37.0 Å². The Balaban J connectivity index is 0.00000242. The van der Waals surface area contributed by atoms with Gasteiger partial charge >= 0.3 is 0 Å². The molecule has 1 amide bonds. The molecule has 1 aromatic carbocycles. The summed E-state index contributed by atoms with van der Waals surface area (Å²) in [6.07, 6.45) is 3.86. The second kappa shape index (κ2) is 8.41. The highest BCUT2D eigenvalue weighted by molar-refractivity contribution is 5.95. The van der Waals surface area contributed by atoms with Crippen LogP contribution in [0.25, 0.3) is 11.4 Å². The third-order valence-corrected chi connectivity index (χ3v) is 3.04. The van der Waals surface area contributed by atoms with Crippen LogP contribution in [-0.4, -0.2) is 48.5 Å². The summed E-state index contributed by atoms with van der Waals surface area (Å²) in [5.41, 5.74) is 1.52. The number of carbonyl (C=O) groups excluding carboxylic acids is 1. The van der Waals surface area contributed by atoms with Gasteiger partial charge in [-0.15, -0.1) is 12.4 Å². The smallest absolute Gasteiger partial charge is 0.225 e.